The van der Waals surface area contributed by atoms with Gasteiger partial charge in [0.25, 0.3) is 0 Å². The molecule has 0 aliphatic carbocycles. The molecule has 0 saturated heterocycles. The Hall–Kier alpha value is -1.66. The maximum atomic E-state index is 11.2. The Morgan fingerprint density at radius 3 is 3.05 bits per heavy atom. The van der Waals surface area contributed by atoms with E-state index in [-0.39, 0.29) is 0 Å². The highest BCUT2D eigenvalue weighted by Gasteiger charge is 2.15. The first-order valence-corrected chi connectivity index (χ1v) is 7.21. The average molecular weight is 337 g/mol. The zero-order valence-corrected chi connectivity index (χ0v) is 12.4. The predicted octanol–water partition coefficient (Wildman–Crippen LogP) is 4.07. The van der Waals surface area contributed by atoms with Crippen molar-refractivity contribution in [3.8, 4) is 11.6 Å². The molecule has 0 aliphatic rings. The number of fused-ring (bicyclic) bond motifs is 1. The molecule has 6 heteroatoms. The molecule has 96 valence electrons. The van der Waals surface area contributed by atoms with Crippen LogP contribution < -0.4 is 4.74 Å². The lowest BCUT2D eigenvalue weighted by Crippen LogP contribution is -1.92. The van der Waals surface area contributed by atoms with E-state index in [1.54, 1.807) is 10.6 Å². The molecule has 4 nitrogen and oxygen atoms in total. The van der Waals surface area contributed by atoms with E-state index in [1.807, 2.05) is 30.5 Å². The highest BCUT2D eigenvalue weighted by molar-refractivity contribution is 9.10. The zero-order valence-electron chi connectivity index (χ0n) is 9.96. The molecular formula is C13H9BrN2O2S. The number of carbonyl (C=O) groups excluding carboxylic acids is 1. The number of aryl methyl sites for hydroxylation is 1. The van der Waals surface area contributed by atoms with Gasteiger partial charge in [-0.15, -0.1) is 11.3 Å². The van der Waals surface area contributed by atoms with Crippen LogP contribution in [0.15, 0.2) is 34.2 Å². The number of carbonyl (C=O) groups is 1. The number of thiazole rings is 1. The van der Waals surface area contributed by atoms with Crippen molar-refractivity contribution in [2.75, 3.05) is 0 Å². The van der Waals surface area contributed by atoms with E-state index < -0.39 is 0 Å². The van der Waals surface area contributed by atoms with Crippen molar-refractivity contribution in [3.05, 3.63) is 45.5 Å². The lowest BCUT2D eigenvalue weighted by Gasteiger charge is -2.06. The second-order valence-electron chi connectivity index (χ2n) is 4.01. The van der Waals surface area contributed by atoms with Crippen LogP contribution in [0.3, 0.4) is 0 Å². The van der Waals surface area contributed by atoms with Crippen molar-refractivity contribution in [1.29, 1.82) is 0 Å². The number of hydrogen-bond acceptors (Lipinski definition) is 4. The third-order valence-corrected chi connectivity index (χ3v) is 4.05. The average Bonchev–Trinajstić information content (AvgIpc) is 2.92. The van der Waals surface area contributed by atoms with Crippen LogP contribution in [0, 0.1) is 6.92 Å². The van der Waals surface area contributed by atoms with Crippen molar-refractivity contribution in [1.82, 2.24) is 9.38 Å². The first-order valence-electron chi connectivity index (χ1n) is 5.54. The minimum Gasteiger partial charge on any atom is -0.436 e. The summed E-state index contributed by atoms with van der Waals surface area (Å²) in [5.41, 5.74) is 1.55. The Bertz CT molecular complexity index is 763. The number of ether oxygens (including phenoxy) is 1. The summed E-state index contributed by atoms with van der Waals surface area (Å²) in [7, 11) is 0. The number of benzene rings is 1. The molecule has 0 saturated carbocycles. The smallest absolute Gasteiger partial charge is 0.250 e. The molecule has 2 heterocycles. The van der Waals surface area contributed by atoms with Crippen molar-refractivity contribution in [3.63, 3.8) is 0 Å². The van der Waals surface area contributed by atoms with Crippen LogP contribution >= 0.6 is 27.3 Å². The summed E-state index contributed by atoms with van der Waals surface area (Å²) in [5.74, 6) is 0.964. The van der Waals surface area contributed by atoms with Gasteiger partial charge in [-0.25, -0.2) is 0 Å². The molecule has 0 radical (unpaired) electrons. The molecule has 0 fully saturated rings. The van der Waals surface area contributed by atoms with Gasteiger partial charge in [0, 0.05) is 11.6 Å². The van der Waals surface area contributed by atoms with Gasteiger partial charge >= 0.3 is 0 Å². The van der Waals surface area contributed by atoms with Crippen molar-refractivity contribution >= 4 is 38.5 Å². The van der Waals surface area contributed by atoms with Gasteiger partial charge in [-0.2, -0.15) is 4.98 Å². The van der Waals surface area contributed by atoms with E-state index in [1.165, 1.54) is 11.3 Å². The highest BCUT2D eigenvalue weighted by Crippen LogP contribution is 2.32. The number of nitrogens with zero attached hydrogens (tertiary/aromatic N) is 2. The first kappa shape index (κ1) is 12.4. The van der Waals surface area contributed by atoms with E-state index in [2.05, 4.69) is 20.9 Å². The first-order chi connectivity index (χ1) is 9.19. The van der Waals surface area contributed by atoms with Crippen LogP contribution in [0.4, 0.5) is 0 Å². The lowest BCUT2D eigenvalue weighted by atomic mass is 10.2. The Balaban J connectivity index is 2.05. The molecule has 1 aromatic carbocycles. The molecule has 0 aliphatic heterocycles. The van der Waals surface area contributed by atoms with Crippen LogP contribution in [-0.2, 0) is 0 Å². The third-order valence-electron chi connectivity index (χ3n) is 2.67. The largest absolute Gasteiger partial charge is 0.436 e. The third kappa shape index (κ3) is 2.17. The van der Waals surface area contributed by atoms with E-state index in [0.29, 0.717) is 17.3 Å². The summed E-state index contributed by atoms with van der Waals surface area (Å²) in [6.07, 6.45) is 2.55. The second kappa shape index (κ2) is 4.79. The van der Waals surface area contributed by atoms with Crippen LogP contribution in [0.1, 0.15) is 16.1 Å². The van der Waals surface area contributed by atoms with Gasteiger partial charge in [0.1, 0.15) is 5.75 Å². The van der Waals surface area contributed by atoms with Crippen LogP contribution in [0.25, 0.3) is 4.96 Å². The van der Waals surface area contributed by atoms with Gasteiger partial charge in [0.15, 0.2) is 16.9 Å². The number of imidazole rings is 1. The Morgan fingerprint density at radius 2 is 2.32 bits per heavy atom. The quantitative estimate of drug-likeness (QED) is 0.677. The minimum absolute atomic E-state index is 0.325. The molecule has 0 atom stereocenters. The standard InChI is InChI=1S/C13H9BrN2O2S/c1-8-2-3-11(9(14)6-8)18-12-10(7-17)16-4-5-19-13(16)15-12/h2-7H,1H3. The molecule has 0 bridgehead atoms. The van der Waals surface area contributed by atoms with E-state index in [4.69, 9.17) is 4.74 Å². The van der Waals surface area contributed by atoms with Crippen LogP contribution in [0.5, 0.6) is 11.6 Å². The number of rotatable bonds is 3. The van der Waals surface area contributed by atoms with Crippen LogP contribution in [-0.4, -0.2) is 15.7 Å². The fourth-order valence-electron chi connectivity index (χ4n) is 1.76. The molecule has 3 rings (SSSR count). The molecule has 2 aromatic heterocycles. The van der Waals surface area contributed by atoms with Gasteiger partial charge in [0.2, 0.25) is 5.88 Å². The monoisotopic (exact) mass is 336 g/mol. The Kier molecular flexibility index (Phi) is 3.12. The van der Waals surface area contributed by atoms with E-state index in [9.17, 15) is 4.79 Å². The summed E-state index contributed by atoms with van der Waals surface area (Å²) in [6.45, 7) is 2.00. The molecule has 19 heavy (non-hydrogen) atoms. The number of aromatic nitrogens is 2. The SMILES string of the molecule is Cc1ccc(Oc2nc3sccn3c2C=O)c(Br)c1. The van der Waals surface area contributed by atoms with Crippen LogP contribution in [0.2, 0.25) is 0 Å². The lowest BCUT2D eigenvalue weighted by molar-refractivity contribution is 0.111. The molecule has 0 spiro atoms. The van der Waals surface area contributed by atoms with Gasteiger partial charge in [-0.05, 0) is 40.5 Å². The van der Waals surface area contributed by atoms with Crippen molar-refractivity contribution in [2.24, 2.45) is 0 Å². The summed E-state index contributed by atoms with van der Waals surface area (Å²) in [5, 5.41) is 1.88. The normalized spacial score (nSPS) is 10.8. The van der Waals surface area contributed by atoms with Crippen molar-refractivity contribution in [2.45, 2.75) is 6.92 Å². The number of aldehydes is 1. The van der Waals surface area contributed by atoms with Gasteiger partial charge in [0.05, 0.1) is 4.47 Å². The maximum Gasteiger partial charge on any atom is 0.250 e. The number of halogens is 1. The second-order valence-corrected chi connectivity index (χ2v) is 5.74. The fraction of sp³-hybridized carbons (Fsp3) is 0.0769. The zero-order chi connectivity index (χ0) is 13.4. The molecular weight excluding hydrogens is 328 g/mol. The summed E-state index contributed by atoms with van der Waals surface area (Å²) >= 11 is 4.90. The van der Waals surface area contributed by atoms with Crippen molar-refractivity contribution < 1.29 is 9.53 Å². The van der Waals surface area contributed by atoms with E-state index >= 15 is 0 Å². The highest BCUT2D eigenvalue weighted by atomic mass is 79.9. The summed E-state index contributed by atoms with van der Waals surface area (Å²) in [4.78, 5) is 16.2. The van der Waals surface area contributed by atoms with Gasteiger partial charge in [-0.3, -0.25) is 9.20 Å². The minimum atomic E-state index is 0.325. The molecule has 3 aromatic rings. The topological polar surface area (TPSA) is 43.6 Å². The number of hydrogen-bond donors (Lipinski definition) is 0. The Morgan fingerprint density at radius 1 is 1.47 bits per heavy atom. The maximum absolute atomic E-state index is 11.2. The predicted molar refractivity (Wildman–Crippen MR) is 77.4 cm³/mol. The van der Waals surface area contributed by atoms with Gasteiger partial charge < -0.3 is 4.74 Å². The van der Waals surface area contributed by atoms with Gasteiger partial charge in [-0.1, -0.05) is 6.07 Å². The summed E-state index contributed by atoms with van der Waals surface area (Å²) < 4.78 is 8.28. The van der Waals surface area contributed by atoms with E-state index in [0.717, 1.165) is 21.3 Å². The fourth-order valence-corrected chi connectivity index (χ4v) is 3.05. The molecule has 0 N–H and O–H groups in total. The Labute approximate surface area is 121 Å². The molecule has 0 unspecified atom stereocenters. The summed E-state index contributed by atoms with van der Waals surface area (Å²) in [6, 6.07) is 5.74. The molecule has 0 amide bonds.